The molecule has 29 heavy (non-hydrogen) atoms. The van der Waals surface area contributed by atoms with Crippen LogP contribution in [0.1, 0.15) is 19.8 Å². The lowest BCUT2D eigenvalue weighted by Gasteiger charge is -2.21. The maximum Gasteiger partial charge on any atom is 0.277 e. The summed E-state index contributed by atoms with van der Waals surface area (Å²) in [4.78, 5) is 40.9. The van der Waals surface area contributed by atoms with Crippen molar-refractivity contribution in [3.05, 3.63) is 52.7 Å². The molecular weight excluding hydrogens is 376 g/mol. The first-order chi connectivity index (χ1) is 13.9. The van der Waals surface area contributed by atoms with Crippen LogP contribution in [0, 0.1) is 10.1 Å². The molecule has 10 nitrogen and oxygen atoms in total. The molecule has 1 aromatic carbocycles. The van der Waals surface area contributed by atoms with Crippen molar-refractivity contribution in [2.24, 2.45) is 0 Å². The molecule has 2 aromatic heterocycles. The summed E-state index contributed by atoms with van der Waals surface area (Å²) in [5.74, 6) is -0.350. The molecule has 3 aromatic rings. The average molecular weight is 394 g/mol. The van der Waals surface area contributed by atoms with Gasteiger partial charge in [-0.2, -0.15) is 4.98 Å². The third kappa shape index (κ3) is 3.51. The van der Waals surface area contributed by atoms with E-state index in [9.17, 15) is 19.7 Å². The number of nitrogens with one attached hydrogen (secondary N) is 1. The molecule has 0 bridgehead atoms. The quantitative estimate of drug-likeness (QED) is 0.535. The number of hydrogen-bond donors (Lipinski definition) is 1. The number of nitro groups is 1. The summed E-state index contributed by atoms with van der Waals surface area (Å²) in [6, 6.07) is 9.29. The molecule has 0 spiro atoms. The predicted octanol–water partition coefficient (Wildman–Crippen LogP) is 2.25. The second-order valence-corrected chi connectivity index (χ2v) is 6.79. The van der Waals surface area contributed by atoms with Gasteiger partial charge in [-0.1, -0.05) is 12.1 Å². The summed E-state index contributed by atoms with van der Waals surface area (Å²) in [5.41, 5.74) is 1.54. The largest absolute Gasteiger partial charge is 0.331 e. The highest BCUT2D eigenvalue weighted by Crippen LogP contribution is 2.29. The molecule has 1 N–H and O–H groups in total. The minimum atomic E-state index is -0.526. The molecule has 1 aliphatic heterocycles. The molecule has 148 valence electrons. The monoisotopic (exact) mass is 394 g/mol. The van der Waals surface area contributed by atoms with Gasteiger partial charge in [0, 0.05) is 31.3 Å². The first-order valence-corrected chi connectivity index (χ1v) is 9.12. The molecule has 4 rings (SSSR count). The number of benzene rings is 1. The van der Waals surface area contributed by atoms with Gasteiger partial charge in [0.1, 0.15) is 6.04 Å². The number of para-hydroxylation sites is 1. The first kappa shape index (κ1) is 18.5. The summed E-state index contributed by atoms with van der Waals surface area (Å²) in [7, 11) is 0. The molecule has 0 saturated carbocycles. The summed E-state index contributed by atoms with van der Waals surface area (Å²) in [5, 5.41) is 18.2. The summed E-state index contributed by atoms with van der Waals surface area (Å²) in [6.07, 6.45) is 2.99. The Morgan fingerprint density at radius 2 is 2.03 bits per heavy atom. The minimum absolute atomic E-state index is 0.00829. The number of pyridine rings is 1. The van der Waals surface area contributed by atoms with Crippen LogP contribution >= 0.6 is 0 Å². The van der Waals surface area contributed by atoms with Gasteiger partial charge < -0.3 is 4.90 Å². The number of likely N-dealkylation sites (tertiary alicyclic amines) is 1. The van der Waals surface area contributed by atoms with Crippen molar-refractivity contribution >= 4 is 29.1 Å². The molecule has 1 fully saturated rings. The Morgan fingerprint density at radius 3 is 2.79 bits per heavy atom. The van der Waals surface area contributed by atoms with Crippen molar-refractivity contribution in [3.63, 3.8) is 0 Å². The van der Waals surface area contributed by atoms with E-state index in [4.69, 9.17) is 0 Å². The van der Waals surface area contributed by atoms with Gasteiger partial charge >= 0.3 is 0 Å². The standard InChI is InChI=1S/C19H18N6O4/c1-12(26)23-10-4-7-16(23)18(27)21-19-20-17-9-8-13(11-24(17)22-19)14-5-2-3-6-15(14)25(28)29/h2-3,5-6,8-9,11,16H,4,7,10H2,1H3,(H,21,22,27)/t16-/m1/s1. The third-order valence-electron chi connectivity index (χ3n) is 4.94. The van der Waals surface area contributed by atoms with E-state index in [1.807, 2.05) is 0 Å². The number of aromatic nitrogens is 3. The highest BCUT2D eigenvalue weighted by atomic mass is 16.6. The Kier molecular flexibility index (Phi) is 4.67. The van der Waals surface area contributed by atoms with Crippen molar-refractivity contribution in [2.45, 2.75) is 25.8 Å². The number of nitro benzene ring substituents is 1. The SMILES string of the molecule is CC(=O)N1CCC[C@@H]1C(=O)Nc1nc2ccc(-c3ccccc3[N+](=O)[O-])cn2n1. The predicted molar refractivity (Wildman–Crippen MR) is 104 cm³/mol. The molecule has 10 heteroatoms. The lowest BCUT2D eigenvalue weighted by Crippen LogP contribution is -2.42. The third-order valence-corrected chi connectivity index (χ3v) is 4.94. The molecule has 0 aliphatic carbocycles. The number of hydrogen-bond acceptors (Lipinski definition) is 6. The second-order valence-electron chi connectivity index (χ2n) is 6.79. The van der Waals surface area contributed by atoms with Crippen LogP contribution in [0.3, 0.4) is 0 Å². The molecule has 0 unspecified atom stereocenters. The van der Waals surface area contributed by atoms with Crippen LogP contribution in [0.2, 0.25) is 0 Å². The molecule has 1 atom stereocenters. The van der Waals surface area contributed by atoms with Crippen LogP contribution in [0.15, 0.2) is 42.6 Å². The smallest absolute Gasteiger partial charge is 0.277 e. The van der Waals surface area contributed by atoms with E-state index >= 15 is 0 Å². The zero-order chi connectivity index (χ0) is 20.5. The lowest BCUT2D eigenvalue weighted by molar-refractivity contribution is -0.384. The zero-order valence-electron chi connectivity index (χ0n) is 15.6. The highest BCUT2D eigenvalue weighted by molar-refractivity contribution is 5.96. The molecule has 2 amide bonds. The Hall–Kier alpha value is -3.82. The molecule has 1 aliphatic rings. The summed E-state index contributed by atoms with van der Waals surface area (Å²) >= 11 is 0. The van der Waals surface area contributed by atoms with E-state index in [0.717, 1.165) is 6.42 Å². The normalized spacial score (nSPS) is 16.2. The van der Waals surface area contributed by atoms with Crippen LogP contribution in [0.4, 0.5) is 11.6 Å². The van der Waals surface area contributed by atoms with Crippen molar-refractivity contribution in [2.75, 3.05) is 11.9 Å². The van der Waals surface area contributed by atoms with Gasteiger partial charge in [0.2, 0.25) is 17.8 Å². The minimum Gasteiger partial charge on any atom is -0.331 e. The Labute approximate surface area is 165 Å². The van der Waals surface area contributed by atoms with E-state index < -0.39 is 11.0 Å². The van der Waals surface area contributed by atoms with Crippen LogP contribution in [-0.2, 0) is 9.59 Å². The van der Waals surface area contributed by atoms with Crippen molar-refractivity contribution in [3.8, 4) is 11.1 Å². The Bertz CT molecular complexity index is 1120. The Morgan fingerprint density at radius 1 is 1.24 bits per heavy atom. The van der Waals surface area contributed by atoms with Crippen molar-refractivity contribution in [1.82, 2.24) is 19.5 Å². The van der Waals surface area contributed by atoms with Gasteiger partial charge in [-0.3, -0.25) is 25.0 Å². The van der Waals surface area contributed by atoms with E-state index in [1.165, 1.54) is 22.4 Å². The number of amides is 2. The van der Waals surface area contributed by atoms with Crippen LogP contribution in [-0.4, -0.2) is 48.8 Å². The molecular formula is C19H18N6O4. The van der Waals surface area contributed by atoms with Crippen LogP contribution < -0.4 is 5.32 Å². The summed E-state index contributed by atoms with van der Waals surface area (Å²) in [6.45, 7) is 2.00. The van der Waals surface area contributed by atoms with Gasteiger partial charge in [-0.15, -0.1) is 5.10 Å². The topological polar surface area (TPSA) is 123 Å². The number of anilines is 1. The summed E-state index contributed by atoms with van der Waals surface area (Å²) < 4.78 is 1.46. The van der Waals surface area contributed by atoms with Crippen LogP contribution in [0.5, 0.6) is 0 Å². The molecule has 1 saturated heterocycles. The van der Waals surface area contributed by atoms with E-state index in [1.54, 1.807) is 36.5 Å². The highest BCUT2D eigenvalue weighted by Gasteiger charge is 2.32. The van der Waals surface area contributed by atoms with E-state index in [2.05, 4.69) is 15.4 Å². The maximum absolute atomic E-state index is 12.5. The van der Waals surface area contributed by atoms with E-state index in [0.29, 0.717) is 29.7 Å². The average Bonchev–Trinajstić information content (AvgIpc) is 3.34. The number of carbonyl (C=O) groups excluding carboxylic acids is 2. The van der Waals surface area contributed by atoms with Crippen LogP contribution in [0.25, 0.3) is 16.8 Å². The number of nitrogens with zero attached hydrogens (tertiary/aromatic N) is 5. The number of carbonyl (C=O) groups is 2. The molecule has 3 heterocycles. The first-order valence-electron chi connectivity index (χ1n) is 9.12. The fourth-order valence-corrected chi connectivity index (χ4v) is 3.58. The second kappa shape index (κ2) is 7.30. The molecule has 0 radical (unpaired) electrons. The van der Waals surface area contributed by atoms with Crippen molar-refractivity contribution < 1.29 is 14.5 Å². The number of fused-ring (bicyclic) bond motifs is 1. The van der Waals surface area contributed by atoms with Gasteiger partial charge in [0.05, 0.1) is 10.5 Å². The van der Waals surface area contributed by atoms with Gasteiger partial charge in [0.15, 0.2) is 5.65 Å². The van der Waals surface area contributed by atoms with Crippen molar-refractivity contribution in [1.29, 1.82) is 0 Å². The Balaban J connectivity index is 1.60. The van der Waals surface area contributed by atoms with Gasteiger partial charge in [0.25, 0.3) is 5.69 Å². The lowest BCUT2D eigenvalue weighted by atomic mass is 10.1. The fraction of sp³-hybridized carbons (Fsp3) is 0.263. The maximum atomic E-state index is 12.5. The van der Waals surface area contributed by atoms with Gasteiger partial charge in [-0.05, 0) is 31.0 Å². The zero-order valence-corrected chi connectivity index (χ0v) is 15.6. The fourth-order valence-electron chi connectivity index (χ4n) is 3.58. The number of rotatable bonds is 4. The van der Waals surface area contributed by atoms with E-state index in [-0.39, 0.29) is 23.5 Å². The van der Waals surface area contributed by atoms with Gasteiger partial charge in [-0.25, -0.2) is 4.52 Å².